The van der Waals surface area contributed by atoms with Crippen LogP contribution in [0.4, 0.5) is 0 Å². The van der Waals surface area contributed by atoms with Crippen molar-refractivity contribution in [1.29, 1.82) is 0 Å². The first-order valence-corrected chi connectivity index (χ1v) is 11.4. The van der Waals surface area contributed by atoms with Crippen molar-refractivity contribution in [3.63, 3.8) is 0 Å². The van der Waals surface area contributed by atoms with Gasteiger partial charge in [0, 0.05) is 17.7 Å². The molecule has 0 aliphatic carbocycles. The topological polar surface area (TPSA) is 78.6 Å². The van der Waals surface area contributed by atoms with Crippen LogP contribution in [0, 0.1) is 0 Å². The molecule has 0 N–H and O–H groups in total. The minimum absolute atomic E-state index is 0.0627. The fourth-order valence-corrected chi connectivity index (χ4v) is 4.46. The summed E-state index contributed by atoms with van der Waals surface area (Å²) in [6.45, 7) is 1.16. The molecule has 6 nitrogen and oxygen atoms in total. The summed E-state index contributed by atoms with van der Waals surface area (Å²) in [5, 5.41) is 10.7. The highest BCUT2D eigenvalue weighted by molar-refractivity contribution is 5.76. The van der Waals surface area contributed by atoms with Gasteiger partial charge in [-0.15, -0.1) is 0 Å². The van der Waals surface area contributed by atoms with Gasteiger partial charge in [0.05, 0.1) is 12.0 Å². The van der Waals surface area contributed by atoms with E-state index in [0.29, 0.717) is 12.3 Å². The number of benzene rings is 3. The van der Waals surface area contributed by atoms with Gasteiger partial charge >= 0.3 is 0 Å². The Balaban J connectivity index is 1.43. The van der Waals surface area contributed by atoms with E-state index < -0.39 is 12.6 Å². The van der Waals surface area contributed by atoms with Crippen molar-refractivity contribution in [3.8, 4) is 28.3 Å². The number of aromatic nitrogens is 1. The van der Waals surface area contributed by atoms with Crippen LogP contribution in [0.15, 0.2) is 89.3 Å². The molecule has 1 aromatic heterocycles. The van der Waals surface area contributed by atoms with Crippen molar-refractivity contribution >= 4 is 5.97 Å². The second-order valence-electron chi connectivity index (χ2n) is 8.40. The fraction of sp³-hybridized carbons (Fsp3) is 0.214. The number of oxazole rings is 1. The first-order chi connectivity index (χ1) is 16.7. The third-order valence-corrected chi connectivity index (χ3v) is 6.02. The van der Waals surface area contributed by atoms with E-state index >= 15 is 0 Å². The van der Waals surface area contributed by atoms with E-state index in [1.807, 2.05) is 66.7 Å². The van der Waals surface area contributed by atoms with Crippen molar-refractivity contribution < 1.29 is 19.1 Å². The summed E-state index contributed by atoms with van der Waals surface area (Å²) in [6, 6.07) is 27.8. The second kappa shape index (κ2) is 9.93. The Kier molecular flexibility index (Phi) is 6.40. The van der Waals surface area contributed by atoms with Crippen molar-refractivity contribution in [2.24, 2.45) is 0 Å². The van der Waals surface area contributed by atoms with Gasteiger partial charge in [-0.2, -0.15) is 0 Å². The molecule has 0 amide bonds. The summed E-state index contributed by atoms with van der Waals surface area (Å²) in [5.41, 5.74) is 3.92. The zero-order chi connectivity index (χ0) is 23.3. The smallest absolute Gasteiger partial charge is 0.212 e. The molecule has 1 atom stereocenters. The molecule has 0 spiro atoms. The molecule has 0 saturated carbocycles. The zero-order valence-electron chi connectivity index (χ0n) is 18.7. The van der Waals surface area contributed by atoms with Crippen molar-refractivity contribution in [2.45, 2.75) is 25.4 Å². The van der Waals surface area contributed by atoms with Crippen LogP contribution in [-0.4, -0.2) is 29.0 Å². The molecule has 6 heteroatoms. The van der Waals surface area contributed by atoms with E-state index in [4.69, 9.17) is 14.1 Å². The average molecular weight is 454 g/mol. The molecule has 0 radical (unpaired) electrons. The van der Waals surface area contributed by atoms with Crippen molar-refractivity contribution in [2.75, 3.05) is 13.2 Å². The Hall–Kier alpha value is -3.90. The molecule has 5 rings (SSSR count). The molecular weight excluding hydrogens is 428 g/mol. The highest BCUT2D eigenvalue weighted by atomic mass is 16.5. The highest BCUT2D eigenvalue weighted by Crippen LogP contribution is 2.39. The van der Waals surface area contributed by atoms with Gasteiger partial charge < -0.3 is 19.1 Å². The van der Waals surface area contributed by atoms with Crippen molar-refractivity contribution in [3.05, 3.63) is 96.4 Å². The molecule has 172 valence electrons. The third-order valence-electron chi connectivity index (χ3n) is 6.02. The van der Waals surface area contributed by atoms with E-state index in [9.17, 15) is 9.90 Å². The van der Waals surface area contributed by atoms with Gasteiger partial charge in [0.15, 0.2) is 5.76 Å². The minimum Gasteiger partial charge on any atom is -0.546 e. The van der Waals surface area contributed by atoms with E-state index in [-0.39, 0.29) is 6.04 Å². The number of carbonyl (C=O) groups is 1. The molecule has 4 aromatic rings. The van der Waals surface area contributed by atoms with Gasteiger partial charge in [-0.05, 0) is 37.1 Å². The first kappa shape index (κ1) is 21.9. The van der Waals surface area contributed by atoms with Crippen LogP contribution in [0.1, 0.15) is 30.3 Å². The molecule has 0 bridgehead atoms. The summed E-state index contributed by atoms with van der Waals surface area (Å²) >= 11 is 0. The number of rotatable bonds is 8. The third kappa shape index (κ3) is 4.87. The second-order valence-corrected chi connectivity index (χ2v) is 8.40. The molecule has 1 fully saturated rings. The van der Waals surface area contributed by atoms with E-state index in [2.05, 4.69) is 17.0 Å². The van der Waals surface area contributed by atoms with E-state index in [0.717, 1.165) is 53.4 Å². The maximum atomic E-state index is 10.7. The van der Waals surface area contributed by atoms with Crippen LogP contribution in [0.2, 0.25) is 0 Å². The van der Waals surface area contributed by atoms with Crippen LogP contribution in [0.3, 0.4) is 0 Å². The average Bonchev–Trinajstić information content (AvgIpc) is 3.51. The fourth-order valence-electron chi connectivity index (χ4n) is 4.46. The normalized spacial score (nSPS) is 15.9. The Morgan fingerprint density at radius 2 is 1.74 bits per heavy atom. The van der Waals surface area contributed by atoms with Gasteiger partial charge in [-0.25, -0.2) is 4.98 Å². The van der Waals surface area contributed by atoms with E-state index in [1.54, 1.807) is 6.07 Å². The highest BCUT2D eigenvalue weighted by Gasteiger charge is 2.31. The number of likely N-dealkylation sites (tertiary alicyclic amines) is 1. The van der Waals surface area contributed by atoms with Crippen LogP contribution in [0.5, 0.6) is 5.75 Å². The molecule has 3 aromatic carbocycles. The monoisotopic (exact) mass is 453 g/mol. The van der Waals surface area contributed by atoms with Crippen LogP contribution in [0.25, 0.3) is 22.6 Å². The summed E-state index contributed by atoms with van der Waals surface area (Å²) in [4.78, 5) is 18.1. The quantitative estimate of drug-likeness (QED) is 0.392. The van der Waals surface area contributed by atoms with Gasteiger partial charge in [-0.3, -0.25) is 4.90 Å². The van der Waals surface area contributed by atoms with E-state index in [1.165, 1.54) is 0 Å². The number of hydrogen-bond acceptors (Lipinski definition) is 6. The summed E-state index contributed by atoms with van der Waals surface area (Å²) < 4.78 is 11.7. The summed E-state index contributed by atoms with van der Waals surface area (Å²) in [6.07, 6.45) is 2.01. The molecule has 1 aliphatic rings. The number of ether oxygens (including phenoxy) is 1. The van der Waals surface area contributed by atoms with Crippen LogP contribution in [-0.2, 0) is 11.3 Å². The van der Waals surface area contributed by atoms with Crippen LogP contribution < -0.4 is 9.84 Å². The predicted octanol–water partition coefficient (Wildman–Crippen LogP) is 4.47. The SMILES string of the molecule is O=C([O-])COc1cccc(CN2CCC[C@@H]2c2nc(-c3ccccc3)c(-c3ccccc3)o2)c1. The maximum absolute atomic E-state index is 10.7. The molecular formula is C28H25N2O4-. The predicted molar refractivity (Wildman–Crippen MR) is 127 cm³/mol. The zero-order valence-corrected chi connectivity index (χ0v) is 18.7. The Morgan fingerprint density at radius 1 is 1.00 bits per heavy atom. The number of aliphatic carboxylic acids is 1. The number of carboxylic acid groups (broad SMARTS) is 1. The van der Waals surface area contributed by atoms with Crippen molar-refractivity contribution in [1.82, 2.24) is 9.88 Å². The number of nitrogens with zero attached hydrogens (tertiary/aromatic N) is 2. The molecule has 1 aliphatic heterocycles. The first-order valence-electron chi connectivity index (χ1n) is 11.4. The van der Waals surface area contributed by atoms with Crippen LogP contribution >= 0.6 is 0 Å². The molecule has 34 heavy (non-hydrogen) atoms. The molecule has 2 heterocycles. The lowest BCUT2D eigenvalue weighted by Crippen LogP contribution is -2.29. The Bertz CT molecular complexity index is 1200. The van der Waals surface area contributed by atoms with Gasteiger partial charge in [0.2, 0.25) is 5.89 Å². The maximum Gasteiger partial charge on any atom is 0.212 e. The lowest BCUT2D eigenvalue weighted by atomic mass is 10.1. The van der Waals surface area contributed by atoms with Gasteiger partial charge in [0.25, 0.3) is 0 Å². The number of carboxylic acids is 1. The molecule has 1 saturated heterocycles. The Labute approximate surface area is 198 Å². The van der Waals surface area contributed by atoms with Gasteiger partial charge in [0.1, 0.15) is 18.1 Å². The lowest BCUT2D eigenvalue weighted by molar-refractivity contribution is -0.307. The molecule has 0 unspecified atom stereocenters. The summed E-state index contributed by atoms with van der Waals surface area (Å²) in [7, 11) is 0. The minimum atomic E-state index is -1.24. The number of carbonyl (C=O) groups excluding carboxylic acids is 1. The summed E-state index contributed by atoms with van der Waals surface area (Å²) in [5.74, 6) is 0.787. The largest absolute Gasteiger partial charge is 0.546 e. The van der Waals surface area contributed by atoms with Gasteiger partial charge in [-0.1, -0.05) is 72.8 Å². The standard InChI is InChI=1S/C28H26N2O4/c31-25(32)19-33-23-14-7-9-20(17-23)18-30-16-8-15-24(30)28-29-26(21-10-3-1-4-11-21)27(34-28)22-12-5-2-6-13-22/h1-7,9-14,17,24H,8,15-16,18-19H2,(H,31,32)/p-1/t24-/m1/s1. The lowest BCUT2D eigenvalue weighted by Gasteiger charge is -2.22. The Morgan fingerprint density at radius 3 is 2.47 bits per heavy atom. The number of hydrogen-bond donors (Lipinski definition) is 0.